The second-order valence-electron chi connectivity index (χ2n) is 5.81. The maximum atomic E-state index is 11.9. The molecular weight excluding hydrogens is 302 g/mol. The number of nitrogens with one attached hydrogen (secondary N) is 1. The minimum atomic E-state index is -1.05. The molecule has 2 N–H and O–H groups in total. The first-order chi connectivity index (χ1) is 10.3. The summed E-state index contributed by atoms with van der Waals surface area (Å²) >= 11 is 1.37. The van der Waals surface area contributed by atoms with Gasteiger partial charge in [-0.15, -0.1) is 11.8 Å². The molecule has 0 spiro atoms. The Hall–Kier alpha value is -1.53. The fourth-order valence-corrected chi connectivity index (χ4v) is 2.37. The van der Waals surface area contributed by atoms with E-state index in [-0.39, 0.29) is 30.3 Å². The van der Waals surface area contributed by atoms with Gasteiger partial charge in [0.05, 0.1) is 11.4 Å². The van der Waals surface area contributed by atoms with E-state index >= 15 is 0 Å². The molecule has 1 aromatic carbocycles. The van der Waals surface area contributed by atoms with Crippen molar-refractivity contribution in [1.82, 2.24) is 5.32 Å². The molecule has 1 amide bonds. The van der Waals surface area contributed by atoms with Crippen LogP contribution in [0.15, 0.2) is 35.2 Å². The molecule has 0 aliphatic heterocycles. The summed E-state index contributed by atoms with van der Waals surface area (Å²) in [5.74, 6) is -1.15. The molecule has 0 aliphatic rings. The van der Waals surface area contributed by atoms with Crippen LogP contribution in [-0.2, 0) is 14.3 Å². The van der Waals surface area contributed by atoms with Gasteiger partial charge in [0.15, 0.2) is 0 Å². The molecule has 0 saturated heterocycles. The molecule has 0 saturated carbocycles. The molecule has 122 valence electrons. The van der Waals surface area contributed by atoms with Gasteiger partial charge >= 0.3 is 5.97 Å². The molecule has 1 atom stereocenters. The van der Waals surface area contributed by atoms with E-state index in [1.54, 1.807) is 0 Å². The number of ether oxygens (including phenoxy) is 1. The van der Waals surface area contributed by atoms with Gasteiger partial charge in [0.1, 0.15) is 6.04 Å². The second-order valence-corrected chi connectivity index (χ2v) is 6.86. The molecule has 1 rings (SSSR count). The van der Waals surface area contributed by atoms with Crippen molar-refractivity contribution < 1.29 is 19.4 Å². The summed E-state index contributed by atoms with van der Waals surface area (Å²) in [6, 6.07) is 8.58. The number of amides is 1. The van der Waals surface area contributed by atoms with E-state index in [1.807, 2.05) is 51.1 Å². The van der Waals surface area contributed by atoms with E-state index < -0.39 is 12.0 Å². The average molecular weight is 325 g/mol. The molecule has 0 aromatic heterocycles. The minimum Gasteiger partial charge on any atom is -0.480 e. The quantitative estimate of drug-likeness (QED) is 0.718. The van der Waals surface area contributed by atoms with Crippen molar-refractivity contribution in [1.29, 1.82) is 0 Å². The zero-order valence-corrected chi connectivity index (χ0v) is 14.0. The zero-order valence-electron chi connectivity index (χ0n) is 13.2. The zero-order chi connectivity index (χ0) is 16.6. The molecule has 0 fully saturated rings. The lowest BCUT2D eigenvalue weighted by molar-refractivity contribution is -0.142. The fourth-order valence-electron chi connectivity index (χ4n) is 1.64. The maximum absolute atomic E-state index is 11.9. The molecule has 0 radical (unpaired) electrons. The average Bonchev–Trinajstić information content (AvgIpc) is 2.43. The van der Waals surface area contributed by atoms with Crippen molar-refractivity contribution in [3.05, 3.63) is 30.3 Å². The van der Waals surface area contributed by atoms with Crippen LogP contribution in [0.2, 0.25) is 0 Å². The van der Waals surface area contributed by atoms with Crippen LogP contribution in [0.25, 0.3) is 0 Å². The van der Waals surface area contributed by atoms with E-state index in [0.29, 0.717) is 0 Å². The summed E-state index contributed by atoms with van der Waals surface area (Å²) in [7, 11) is 0. The van der Waals surface area contributed by atoms with Crippen LogP contribution < -0.4 is 5.32 Å². The number of thioether (sulfide) groups is 1. The van der Waals surface area contributed by atoms with E-state index in [1.165, 1.54) is 11.8 Å². The largest absolute Gasteiger partial charge is 0.480 e. The summed E-state index contributed by atoms with van der Waals surface area (Å²) in [6.07, 6.45) is 0.244. The van der Waals surface area contributed by atoms with Crippen molar-refractivity contribution >= 4 is 23.6 Å². The van der Waals surface area contributed by atoms with Crippen LogP contribution in [0, 0.1) is 0 Å². The molecule has 22 heavy (non-hydrogen) atoms. The fraction of sp³-hybridized carbons (Fsp3) is 0.500. The lowest BCUT2D eigenvalue weighted by Gasteiger charge is -2.21. The third-order valence-corrected chi connectivity index (χ3v) is 3.70. The van der Waals surface area contributed by atoms with Crippen LogP contribution in [0.4, 0.5) is 0 Å². The molecule has 1 aromatic rings. The molecule has 0 bridgehead atoms. The number of carboxylic acids is 1. The highest BCUT2D eigenvalue weighted by Crippen LogP contribution is 2.16. The highest BCUT2D eigenvalue weighted by molar-refractivity contribution is 8.00. The highest BCUT2D eigenvalue weighted by atomic mass is 32.2. The molecule has 0 aliphatic carbocycles. The van der Waals surface area contributed by atoms with Gasteiger partial charge in [0, 0.05) is 17.9 Å². The van der Waals surface area contributed by atoms with Gasteiger partial charge in [0.25, 0.3) is 0 Å². The van der Waals surface area contributed by atoms with Crippen molar-refractivity contribution in [2.24, 2.45) is 0 Å². The molecule has 1 unspecified atom stereocenters. The monoisotopic (exact) mass is 325 g/mol. The first kappa shape index (κ1) is 18.5. The Labute approximate surface area is 135 Å². The van der Waals surface area contributed by atoms with Crippen LogP contribution in [0.5, 0.6) is 0 Å². The summed E-state index contributed by atoms with van der Waals surface area (Å²) < 4.78 is 5.50. The van der Waals surface area contributed by atoms with Gasteiger partial charge in [0.2, 0.25) is 5.91 Å². The number of benzene rings is 1. The summed E-state index contributed by atoms with van der Waals surface area (Å²) in [5.41, 5.74) is -0.323. The van der Waals surface area contributed by atoms with Gasteiger partial charge < -0.3 is 15.2 Å². The Morgan fingerprint density at radius 3 is 2.45 bits per heavy atom. The minimum absolute atomic E-state index is 0.188. The van der Waals surface area contributed by atoms with E-state index in [2.05, 4.69) is 5.32 Å². The van der Waals surface area contributed by atoms with Crippen LogP contribution in [0.1, 0.15) is 27.2 Å². The first-order valence-corrected chi connectivity index (χ1v) is 8.10. The van der Waals surface area contributed by atoms with Crippen LogP contribution >= 0.6 is 11.8 Å². The topological polar surface area (TPSA) is 75.6 Å². The van der Waals surface area contributed by atoms with Gasteiger partial charge in [-0.2, -0.15) is 0 Å². The van der Waals surface area contributed by atoms with Crippen molar-refractivity contribution in [2.75, 3.05) is 12.4 Å². The molecule has 5 nitrogen and oxygen atoms in total. The van der Waals surface area contributed by atoms with Crippen molar-refractivity contribution in [3.63, 3.8) is 0 Å². The smallest absolute Gasteiger partial charge is 0.326 e. The van der Waals surface area contributed by atoms with E-state index in [9.17, 15) is 9.59 Å². The third-order valence-electron chi connectivity index (χ3n) is 2.69. The number of aliphatic carboxylic acids is 1. The van der Waals surface area contributed by atoms with Crippen molar-refractivity contribution in [2.45, 2.75) is 43.7 Å². The number of hydrogen-bond donors (Lipinski definition) is 2. The predicted octanol–water partition coefficient (Wildman–Crippen LogP) is 2.55. The SMILES string of the molecule is CC(C)(C)OCCC(NC(=O)CSc1ccccc1)C(=O)O. The first-order valence-electron chi connectivity index (χ1n) is 7.12. The Morgan fingerprint density at radius 1 is 1.27 bits per heavy atom. The summed E-state index contributed by atoms with van der Waals surface area (Å²) in [4.78, 5) is 24.0. The van der Waals surface area contributed by atoms with Gasteiger partial charge in [-0.25, -0.2) is 4.79 Å². The van der Waals surface area contributed by atoms with Crippen LogP contribution in [-0.4, -0.2) is 41.0 Å². The Balaban J connectivity index is 2.39. The maximum Gasteiger partial charge on any atom is 0.326 e. The second kappa shape index (κ2) is 8.80. The molecule has 0 heterocycles. The van der Waals surface area contributed by atoms with Crippen LogP contribution in [0.3, 0.4) is 0 Å². The number of rotatable bonds is 8. The Bertz CT molecular complexity index is 485. The lowest BCUT2D eigenvalue weighted by atomic mass is 10.2. The lowest BCUT2D eigenvalue weighted by Crippen LogP contribution is -2.42. The number of carboxylic acid groups (broad SMARTS) is 1. The van der Waals surface area contributed by atoms with E-state index in [4.69, 9.17) is 9.84 Å². The van der Waals surface area contributed by atoms with Gasteiger partial charge in [-0.05, 0) is 32.9 Å². The van der Waals surface area contributed by atoms with E-state index in [0.717, 1.165) is 4.90 Å². The van der Waals surface area contributed by atoms with Gasteiger partial charge in [-0.3, -0.25) is 4.79 Å². The summed E-state index contributed by atoms with van der Waals surface area (Å²) in [5, 5.41) is 11.7. The van der Waals surface area contributed by atoms with Gasteiger partial charge in [-0.1, -0.05) is 18.2 Å². The number of carbonyl (C=O) groups is 2. The number of carbonyl (C=O) groups excluding carboxylic acids is 1. The molecule has 6 heteroatoms. The normalized spacial score (nSPS) is 12.7. The van der Waals surface area contributed by atoms with Crippen molar-refractivity contribution in [3.8, 4) is 0 Å². The highest BCUT2D eigenvalue weighted by Gasteiger charge is 2.21. The summed E-state index contributed by atoms with van der Waals surface area (Å²) in [6.45, 7) is 5.99. The Morgan fingerprint density at radius 2 is 1.91 bits per heavy atom. The third kappa shape index (κ3) is 8.05. The standard InChI is InChI=1S/C16H23NO4S/c1-16(2,3)21-10-9-13(15(19)20)17-14(18)11-22-12-7-5-4-6-8-12/h4-8,13H,9-11H2,1-3H3,(H,17,18)(H,19,20). The molecular formula is C16H23NO4S. The Kier molecular flexibility index (Phi) is 7.41. The predicted molar refractivity (Wildman–Crippen MR) is 87.1 cm³/mol. The number of hydrogen-bond acceptors (Lipinski definition) is 4.